The van der Waals surface area contributed by atoms with Gasteiger partial charge in [0.25, 0.3) is 0 Å². The Morgan fingerprint density at radius 2 is 2.48 bits per heavy atom. The molecule has 2 aliphatic rings. The van der Waals surface area contributed by atoms with Crippen molar-refractivity contribution in [3.05, 3.63) is 11.9 Å². The highest BCUT2D eigenvalue weighted by molar-refractivity contribution is 8.00. The van der Waals surface area contributed by atoms with E-state index in [1.54, 1.807) is 17.9 Å². The summed E-state index contributed by atoms with van der Waals surface area (Å²) in [6.45, 7) is 0. The zero-order chi connectivity index (χ0) is 15.0. The van der Waals surface area contributed by atoms with Gasteiger partial charge in [0.15, 0.2) is 5.92 Å². The number of aromatic nitrogens is 4. The molecule has 1 amide bonds. The number of nitrogens with zero attached hydrogens (tertiary/aromatic N) is 5. The minimum Gasteiger partial charge on any atom is -0.481 e. The van der Waals surface area contributed by atoms with Gasteiger partial charge in [0.2, 0.25) is 11.1 Å². The lowest BCUT2D eigenvalue weighted by Gasteiger charge is -2.45. The van der Waals surface area contributed by atoms with Crippen LogP contribution in [0.25, 0.3) is 0 Å². The van der Waals surface area contributed by atoms with Crippen LogP contribution in [0, 0.1) is 5.92 Å². The van der Waals surface area contributed by atoms with Gasteiger partial charge in [-0.05, 0) is 10.4 Å². The predicted molar refractivity (Wildman–Crippen MR) is 75.0 cm³/mol. The predicted octanol–water partition coefficient (Wildman–Crippen LogP) is -0.693. The first-order chi connectivity index (χ1) is 10.1. The summed E-state index contributed by atoms with van der Waals surface area (Å²) in [5, 5.41) is 23.7. The van der Waals surface area contributed by atoms with E-state index in [2.05, 4.69) is 20.8 Å². The summed E-state index contributed by atoms with van der Waals surface area (Å²) in [6.07, 6.45) is 1.69. The van der Waals surface area contributed by atoms with Gasteiger partial charge in [0.1, 0.15) is 5.37 Å². The first-order valence-electron chi connectivity index (χ1n) is 6.04. The molecule has 3 heterocycles. The number of carboxylic acids is 1. The molecule has 0 aromatic carbocycles. The van der Waals surface area contributed by atoms with Crippen molar-refractivity contribution in [3.8, 4) is 0 Å². The smallest absolute Gasteiger partial charge is 0.319 e. The molecule has 9 nitrogen and oxygen atoms in total. The molecule has 1 unspecified atom stereocenters. The van der Waals surface area contributed by atoms with Crippen molar-refractivity contribution in [2.75, 3.05) is 11.6 Å². The van der Waals surface area contributed by atoms with Gasteiger partial charge in [-0.25, -0.2) is 4.68 Å². The number of aryl methyl sites for hydroxylation is 1. The van der Waals surface area contributed by atoms with Crippen LogP contribution in [0.15, 0.2) is 17.1 Å². The molecule has 1 aromatic rings. The van der Waals surface area contributed by atoms with Gasteiger partial charge in [-0.15, -0.1) is 16.9 Å². The van der Waals surface area contributed by atoms with E-state index in [0.717, 1.165) is 5.70 Å². The van der Waals surface area contributed by atoms with Crippen molar-refractivity contribution in [1.29, 1.82) is 0 Å². The van der Waals surface area contributed by atoms with Crippen LogP contribution in [0.1, 0.15) is 0 Å². The molecule has 1 saturated heterocycles. The SMILES string of the molecule is Cn1nnnc1SCNC1=CN2C(=O)C(C(=O)O)[C@H]2SC1. The van der Waals surface area contributed by atoms with Crippen LogP contribution in [0.3, 0.4) is 0 Å². The Hall–Kier alpha value is -1.75. The molecule has 1 fully saturated rings. The molecule has 0 radical (unpaired) electrons. The van der Waals surface area contributed by atoms with Crippen LogP contribution in [0.5, 0.6) is 0 Å². The number of carbonyl (C=O) groups is 2. The molecule has 0 spiro atoms. The number of β-lactam (4-membered cyclic amide) rings is 1. The molecule has 3 rings (SSSR count). The molecule has 112 valence electrons. The molecule has 0 saturated carbocycles. The van der Waals surface area contributed by atoms with Gasteiger partial charge in [0, 0.05) is 24.7 Å². The topological polar surface area (TPSA) is 113 Å². The maximum Gasteiger partial charge on any atom is 0.319 e. The minimum absolute atomic E-state index is 0.281. The number of carboxylic acid groups (broad SMARTS) is 1. The second kappa shape index (κ2) is 5.56. The Labute approximate surface area is 128 Å². The second-order valence-corrected chi connectivity index (χ2v) is 6.52. The third-order valence-corrected chi connectivity index (χ3v) is 5.34. The Balaban J connectivity index is 1.54. The lowest BCUT2D eigenvalue weighted by Crippen LogP contribution is -2.61. The number of rotatable bonds is 5. The van der Waals surface area contributed by atoms with Crippen LogP contribution >= 0.6 is 23.5 Å². The molecular weight excluding hydrogens is 316 g/mol. The summed E-state index contributed by atoms with van der Waals surface area (Å²) in [5.74, 6) is -1.11. The lowest BCUT2D eigenvalue weighted by atomic mass is 9.99. The molecule has 2 N–H and O–H groups in total. The average molecular weight is 328 g/mol. The molecule has 1 aromatic heterocycles. The number of hydrogen-bond acceptors (Lipinski definition) is 8. The number of fused-ring (bicyclic) bond motifs is 1. The second-order valence-electron chi connectivity index (χ2n) is 4.47. The van der Waals surface area contributed by atoms with Gasteiger partial charge in [-0.3, -0.25) is 9.59 Å². The third-order valence-electron chi connectivity index (χ3n) is 3.13. The van der Waals surface area contributed by atoms with E-state index in [1.807, 2.05) is 0 Å². The van der Waals surface area contributed by atoms with E-state index in [0.29, 0.717) is 16.8 Å². The zero-order valence-electron chi connectivity index (χ0n) is 11.0. The van der Waals surface area contributed by atoms with E-state index < -0.39 is 11.9 Å². The number of aliphatic carboxylic acids is 1. The highest BCUT2D eigenvalue weighted by atomic mass is 32.2. The Bertz CT molecular complexity index is 618. The summed E-state index contributed by atoms with van der Waals surface area (Å²) in [6, 6.07) is 0. The summed E-state index contributed by atoms with van der Waals surface area (Å²) in [7, 11) is 1.76. The van der Waals surface area contributed by atoms with Gasteiger partial charge in [0.05, 0.1) is 5.88 Å². The zero-order valence-corrected chi connectivity index (χ0v) is 12.6. The van der Waals surface area contributed by atoms with Crippen LogP contribution in [-0.2, 0) is 16.6 Å². The van der Waals surface area contributed by atoms with E-state index in [4.69, 9.17) is 5.11 Å². The summed E-state index contributed by atoms with van der Waals surface area (Å²) in [4.78, 5) is 24.1. The van der Waals surface area contributed by atoms with Crippen LogP contribution < -0.4 is 5.32 Å². The van der Waals surface area contributed by atoms with Crippen molar-refractivity contribution in [1.82, 2.24) is 30.4 Å². The standard InChI is InChI=1S/C10H12N6O3S2/c1-15-10(12-13-14-15)21-4-11-5-2-16-7(17)6(9(18)19)8(16)20-3-5/h2,6,8,11H,3-4H2,1H3,(H,18,19)/t6?,8-/m1/s1. The number of amides is 1. The normalized spacial score (nSPS) is 24.1. The van der Waals surface area contributed by atoms with Crippen molar-refractivity contribution in [2.45, 2.75) is 10.5 Å². The fourth-order valence-corrected chi connectivity index (χ4v) is 4.02. The van der Waals surface area contributed by atoms with Crippen LogP contribution in [0.4, 0.5) is 0 Å². The van der Waals surface area contributed by atoms with Crippen LogP contribution in [-0.4, -0.2) is 59.1 Å². The van der Waals surface area contributed by atoms with Gasteiger partial charge < -0.3 is 15.3 Å². The Morgan fingerprint density at radius 1 is 1.67 bits per heavy atom. The van der Waals surface area contributed by atoms with Gasteiger partial charge in [-0.1, -0.05) is 11.8 Å². The monoisotopic (exact) mass is 328 g/mol. The summed E-state index contributed by atoms with van der Waals surface area (Å²) in [5.41, 5.74) is 0.885. The van der Waals surface area contributed by atoms with E-state index in [-0.39, 0.29) is 11.3 Å². The van der Waals surface area contributed by atoms with Crippen molar-refractivity contribution in [3.63, 3.8) is 0 Å². The molecular formula is C10H12N6O3S2. The average Bonchev–Trinajstić information content (AvgIpc) is 2.84. The Morgan fingerprint density at radius 3 is 3.14 bits per heavy atom. The third kappa shape index (κ3) is 2.58. The number of tetrazole rings is 1. The molecule has 21 heavy (non-hydrogen) atoms. The van der Waals surface area contributed by atoms with E-state index in [1.165, 1.54) is 28.4 Å². The van der Waals surface area contributed by atoms with Crippen LogP contribution in [0.2, 0.25) is 0 Å². The number of hydrogen-bond donors (Lipinski definition) is 2. The number of nitrogens with one attached hydrogen (secondary N) is 1. The molecule has 11 heteroatoms. The maximum absolute atomic E-state index is 11.7. The number of carbonyl (C=O) groups excluding carboxylic acids is 1. The highest BCUT2D eigenvalue weighted by Gasteiger charge is 2.52. The molecule has 2 atom stereocenters. The minimum atomic E-state index is -1.05. The Kier molecular flexibility index (Phi) is 3.76. The first kappa shape index (κ1) is 14.2. The molecule has 2 aliphatic heterocycles. The molecule has 0 aliphatic carbocycles. The fraction of sp³-hybridized carbons (Fsp3) is 0.500. The van der Waals surface area contributed by atoms with Gasteiger partial charge in [-0.2, -0.15) is 0 Å². The lowest BCUT2D eigenvalue weighted by molar-refractivity contribution is -0.161. The highest BCUT2D eigenvalue weighted by Crippen LogP contribution is 2.39. The van der Waals surface area contributed by atoms with E-state index >= 15 is 0 Å². The van der Waals surface area contributed by atoms with E-state index in [9.17, 15) is 9.59 Å². The first-order valence-corrected chi connectivity index (χ1v) is 8.07. The summed E-state index contributed by atoms with van der Waals surface area (Å²) >= 11 is 2.89. The largest absolute Gasteiger partial charge is 0.481 e. The number of thioether (sulfide) groups is 2. The fourth-order valence-electron chi connectivity index (χ4n) is 2.04. The summed E-state index contributed by atoms with van der Waals surface area (Å²) < 4.78 is 1.57. The van der Waals surface area contributed by atoms with Crippen molar-refractivity contribution in [2.24, 2.45) is 13.0 Å². The van der Waals surface area contributed by atoms with Gasteiger partial charge >= 0.3 is 5.97 Å². The maximum atomic E-state index is 11.7. The van der Waals surface area contributed by atoms with Crippen molar-refractivity contribution >= 4 is 35.4 Å². The van der Waals surface area contributed by atoms with Crippen molar-refractivity contribution < 1.29 is 14.7 Å². The molecule has 0 bridgehead atoms. The quantitative estimate of drug-likeness (QED) is 0.314.